The second-order valence-corrected chi connectivity index (χ2v) is 4.71. The Kier molecular flexibility index (Phi) is 5.15. The summed E-state index contributed by atoms with van der Waals surface area (Å²) in [7, 11) is 1.68. The van der Waals surface area contributed by atoms with E-state index in [0.717, 1.165) is 22.7 Å². The van der Waals surface area contributed by atoms with Crippen LogP contribution in [-0.2, 0) is 4.74 Å². The summed E-state index contributed by atoms with van der Waals surface area (Å²) in [6, 6.07) is 0. The normalized spacial score (nSPS) is 12.9. The van der Waals surface area contributed by atoms with Crippen molar-refractivity contribution in [3.63, 3.8) is 0 Å². The average molecular weight is 288 g/mol. The van der Waals surface area contributed by atoms with Gasteiger partial charge in [0.2, 0.25) is 0 Å². The summed E-state index contributed by atoms with van der Waals surface area (Å²) >= 11 is 3.41. The van der Waals surface area contributed by atoms with Gasteiger partial charge in [0.15, 0.2) is 5.82 Å². The van der Waals surface area contributed by atoms with Crippen LogP contribution in [0.1, 0.15) is 32.7 Å². The summed E-state index contributed by atoms with van der Waals surface area (Å²) in [5.74, 6) is 1.88. The average Bonchev–Trinajstić information content (AvgIpc) is 2.23. The number of halogens is 1. The van der Waals surface area contributed by atoms with E-state index in [1.807, 2.05) is 6.92 Å². The lowest BCUT2D eigenvalue weighted by Crippen LogP contribution is -2.14. The summed E-state index contributed by atoms with van der Waals surface area (Å²) in [5, 5.41) is 3.18. The first-order valence-electron chi connectivity index (χ1n) is 5.39. The third-order valence-corrected chi connectivity index (χ3v) is 2.80. The molecule has 4 nitrogen and oxygen atoms in total. The van der Waals surface area contributed by atoms with Gasteiger partial charge < -0.3 is 10.1 Å². The highest BCUT2D eigenvalue weighted by atomic mass is 79.9. The first kappa shape index (κ1) is 13.4. The van der Waals surface area contributed by atoms with Crippen LogP contribution in [-0.4, -0.2) is 23.6 Å². The van der Waals surface area contributed by atoms with Crippen LogP contribution in [0.15, 0.2) is 10.7 Å². The highest BCUT2D eigenvalue weighted by Crippen LogP contribution is 2.25. The number of aromatic nitrogens is 2. The maximum Gasteiger partial charge on any atom is 0.159 e. The molecule has 0 bridgehead atoms. The van der Waals surface area contributed by atoms with E-state index in [1.54, 1.807) is 13.3 Å². The zero-order valence-corrected chi connectivity index (χ0v) is 11.7. The van der Waals surface area contributed by atoms with E-state index in [-0.39, 0.29) is 6.10 Å². The number of anilines is 1. The molecule has 90 valence electrons. The van der Waals surface area contributed by atoms with Crippen molar-refractivity contribution in [3.8, 4) is 0 Å². The Labute approximate surface area is 105 Å². The topological polar surface area (TPSA) is 47.0 Å². The van der Waals surface area contributed by atoms with Crippen molar-refractivity contribution in [1.82, 2.24) is 9.97 Å². The van der Waals surface area contributed by atoms with Crippen molar-refractivity contribution in [2.45, 2.75) is 26.9 Å². The van der Waals surface area contributed by atoms with Gasteiger partial charge in [0.1, 0.15) is 11.9 Å². The van der Waals surface area contributed by atoms with Crippen LogP contribution in [0, 0.1) is 5.92 Å². The maximum absolute atomic E-state index is 5.40. The molecule has 5 heteroatoms. The van der Waals surface area contributed by atoms with Crippen LogP contribution in [0.5, 0.6) is 0 Å². The molecule has 0 aromatic carbocycles. The van der Waals surface area contributed by atoms with Crippen LogP contribution in [0.25, 0.3) is 0 Å². The fraction of sp³-hybridized carbons (Fsp3) is 0.636. The minimum atomic E-state index is -0.0643. The summed E-state index contributed by atoms with van der Waals surface area (Å²) in [6.07, 6.45) is 1.69. The molecular formula is C11H18BrN3O. The number of ether oxygens (including phenoxy) is 1. The standard InChI is InChI=1S/C11H18BrN3O/c1-5-13-10-8(12)6-14-11(15-10)9(16-4)7(2)3/h6-7,9H,5H2,1-4H3,(H,13,14,15). The molecule has 1 N–H and O–H groups in total. The highest BCUT2D eigenvalue weighted by Gasteiger charge is 2.19. The van der Waals surface area contributed by atoms with Gasteiger partial charge in [-0.05, 0) is 28.8 Å². The van der Waals surface area contributed by atoms with Crippen LogP contribution >= 0.6 is 15.9 Å². The quantitative estimate of drug-likeness (QED) is 0.904. The molecule has 1 aromatic rings. The number of nitrogens with one attached hydrogen (secondary N) is 1. The number of hydrogen-bond acceptors (Lipinski definition) is 4. The van der Waals surface area contributed by atoms with E-state index < -0.39 is 0 Å². The van der Waals surface area contributed by atoms with E-state index >= 15 is 0 Å². The Morgan fingerprint density at radius 2 is 2.19 bits per heavy atom. The van der Waals surface area contributed by atoms with Crippen molar-refractivity contribution in [2.75, 3.05) is 19.0 Å². The van der Waals surface area contributed by atoms with E-state index in [1.165, 1.54) is 0 Å². The highest BCUT2D eigenvalue weighted by molar-refractivity contribution is 9.10. The van der Waals surface area contributed by atoms with Gasteiger partial charge in [0.05, 0.1) is 4.47 Å². The molecule has 1 rings (SSSR count). The lowest BCUT2D eigenvalue weighted by atomic mass is 10.1. The van der Waals surface area contributed by atoms with Crippen molar-refractivity contribution >= 4 is 21.7 Å². The van der Waals surface area contributed by atoms with E-state index in [0.29, 0.717) is 5.92 Å². The lowest BCUT2D eigenvalue weighted by Gasteiger charge is -2.18. The SMILES string of the molecule is CCNc1nc(C(OC)C(C)C)ncc1Br. The third kappa shape index (κ3) is 3.15. The lowest BCUT2D eigenvalue weighted by molar-refractivity contribution is 0.0575. The Morgan fingerprint density at radius 1 is 1.50 bits per heavy atom. The van der Waals surface area contributed by atoms with Crippen LogP contribution in [0.4, 0.5) is 5.82 Å². The largest absolute Gasteiger partial charge is 0.373 e. The summed E-state index contributed by atoms with van der Waals surface area (Å²) < 4.78 is 6.27. The first-order valence-corrected chi connectivity index (χ1v) is 6.18. The second-order valence-electron chi connectivity index (χ2n) is 3.86. The van der Waals surface area contributed by atoms with Crippen molar-refractivity contribution in [1.29, 1.82) is 0 Å². The van der Waals surface area contributed by atoms with Crippen LogP contribution in [0.3, 0.4) is 0 Å². The minimum absolute atomic E-state index is 0.0643. The van der Waals surface area contributed by atoms with E-state index in [9.17, 15) is 0 Å². The van der Waals surface area contributed by atoms with Gasteiger partial charge in [0.25, 0.3) is 0 Å². The Balaban J connectivity index is 3.00. The van der Waals surface area contributed by atoms with Crippen molar-refractivity contribution < 1.29 is 4.74 Å². The van der Waals surface area contributed by atoms with Gasteiger partial charge in [-0.2, -0.15) is 0 Å². The molecule has 1 aromatic heterocycles. The van der Waals surface area contributed by atoms with Gasteiger partial charge in [-0.15, -0.1) is 0 Å². The number of methoxy groups -OCH3 is 1. The van der Waals surface area contributed by atoms with Gasteiger partial charge >= 0.3 is 0 Å². The maximum atomic E-state index is 5.40. The van der Waals surface area contributed by atoms with Crippen molar-refractivity contribution in [3.05, 3.63) is 16.5 Å². The predicted octanol–water partition coefficient (Wildman–Crippen LogP) is 3.01. The molecule has 0 spiro atoms. The predicted molar refractivity (Wildman–Crippen MR) is 68.5 cm³/mol. The molecule has 1 heterocycles. The zero-order valence-electron chi connectivity index (χ0n) is 10.1. The molecule has 0 amide bonds. The number of hydrogen-bond donors (Lipinski definition) is 1. The Bertz CT molecular complexity index is 344. The minimum Gasteiger partial charge on any atom is -0.373 e. The first-order chi connectivity index (χ1) is 7.60. The molecule has 1 unspecified atom stereocenters. The fourth-order valence-corrected chi connectivity index (χ4v) is 1.82. The molecule has 0 aliphatic carbocycles. The van der Waals surface area contributed by atoms with Crippen molar-refractivity contribution in [2.24, 2.45) is 5.92 Å². The molecule has 0 saturated heterocycles. The second kappa shape index (κ2) is 6.15. The van der Waals surface area contributed by atoms with Gasteiger partial charge in [-0.25, -0.2) is 9.97 Å². The van der Waals surface area contributed by atoms with E-state index in [2.05, 4.69) is 45.1 Å². The van der Waals surface area contributed by atoms with Crippen LogP contribution < -0.4 is 5.32 Å². The zero-order chi connectivity index (χ0) is 12.1. The molecule has 1 atom stereocenters. The summed E-state index contributed by atoms with van der Waals surface area (Å²) in [5.41, 5.74) is 0. The Hall–Kier alpha value is -0.680. The van der Waals surface area contributed by atoms with Gasteiger partial charge in [-0.1, -0.05) is 13.8 Å². The summed E-state index contributed by atoms with van der Waals surface area (Å²) in [6.45, 7) is 7.04. The number of rotatable bonds is 5. The third-order valence-electron chi connectivity index (χ3n) is 2.22. The van der Waals surface area contributed by atoms with Gasteiger partial charge in [-0.3, -0.25) is 0 Å². The fourth-order valence-electron chi connectivity index (χ4n) is 1.48. The number of nitrogens with zero attached hydrogens (tertiary/aromatic N) is 2. The van der Waals surface area contributed by atoms with Gasteiger partial charge in [0, 0.05) is 19.9 Å². The molecule has 0 radical (unpaired) electrons. The molecule has 16 heavy (non-hydrogen) atoms. The molecule has 0 fully saturated rings. The molecule has 0 aliphatic rings. The van der Waals surface area contributed by atoms with Crippen LogP contribution in [0.2, 0.25) is 0 Å². The molecular weight excluding hydrogens is 270 g/mol. The monoisotopic (exact) mass is 287 g/mol. The molecule has 0 aliphatic heterocycles. The Morgan fingerprint density at radius 3 is 2.69 bits per heavy atom. The van der Waals surface area contributed by atoms with E-state index in [4.69, 9.17) is 4.74 Å². The molecule has 0 saturated carbocycles. The summed E-state index contributed by atoms with van der Waals surface area (Å²) in [4.78, 5) is 8.75. The smallest absolute Gasteiger partial charge is 0.159 e.